The van der Waals surface area contributed by atoms with E-state index in [0.717, 1.165) is 128 Å². The third-order valence-corrected chi connectivity index (χ3v) is 24.5. The lowest BCUT2D eigenvalue weighted by molar-refractivity contribution is -0.145. The molecule has 0 radical (unpaired) electrons. The van der Waals surface area contributed by atoms with Crippen molar-refractivity contribution in [1.29, 1.82) is 0 Å². The molecule has 9 aliphatic rings. The number of ether oxygens (including phenoxy) is 6. The van der Waals surface area contributed by atoms with E-state index >= 15 is 0 Å². The summed E-state index contributed by atoms with van der Waals surface area (Å²) < 4.78 is 73.0. The maximum absolute atomic E-state index is 13.6. The smallest absolute Gasteiger partial charge is 0.407 e. The van der Waals surface area contributed by atoms with Crippen molar-refractivity contribution in [1.82, 2.24) is 30.9 Å². The van der Waals surface area contributed by atoms with E-state index < -0.39 is 0 Å². The zero-order valence-corrected chi connectivity index (χ0v) is 62.2. The van der Waals surface area contributed by atoms with E-state index in [9.17, 15) is 41.9 Å². The molecule has 1 unspecified atom stereocenters. The summed E-state index contributed by atoms with van der Waals surface area (Å²) in [5.41, 5.74) is 7.43. The number of cyclic esters (lactones) is 3. The Balaban J connectivity index is 0.000000143. The Labute approximate surface area is 630 Å². The fourth-order valence-corrected chi connectivity index (χ4v) is 19.9. The molecule has 3 amide bonds. The number of fused-ring (bicyclic) bond motifs is 6. The minimum absolute atomic E-state index is 0.0679. The molecule has 6 aromatic rings. The molecule has 21 atom stereocenters. The standard InChI is InChI=1S/3C29H33FN2O4/c3*1-3-35-29(34)32-23-10-11-24-20(14-23)15-26-27(17(2)36-28(26)33)25(24)12-9-22-8-7-19(16-31-22)18-5-4-6-21(30)13-18/h3*4-9,12-13,16-17,20,23-27H,3,10-11,14-15H2,1-2H3,(H,32,34)/b3*12-9+/t17-,20+,23-,24+,25?,26+,27-;17-,20+,23-,24-,25+,26+,27+;17-,20+,23-,24-,25-,26-,27+/m000/s1. The molecule has 3 aromatic heterocycles. The molecule has 3 aromatic carbocycles. The number of rotatable bonds is 15. The molecule has 9 fully saturated rings. The molecular formula is C87H99F3N6O12. The summed E-state index contributed by atoms with van der Waals surface area (Å²) in [7, 11) is 0. The van der Waals surface area contributed by atoms with Gasteiger partial charge < -0.3 is 44.4 Å². The van der Waals surface area contributed by atoms with Gasteiger partial charge in [-0.05, 0) is 261 Å². The number of benzene rings is 3. The van der Waals surface area contributed by atoms with Gasteiger partial charge in [0.25, 0.3) is 0 Å². The van der Waals surface area contributed by atoms with Crippen molar-refractivity contribution in [3.8, 4) is 33.4 Å². The average molecular weight is 1480 g/mol. The summed E-state index contributed by atoms with van der Waals surface area (Å²) in [5.74, 6) is 1.89. The number of nitrogens with zero attached hydrogens (tertiary/aromatic N) is 3. The van der Waals surface area contributed by atoms with Gasteiger partial charge in [-0.2, -0.15) is 0 Å². The third-order valence-electron chi connectivity index (χ3n) is 24.5. The molecular weight excluding hydrogens is 1380 g/mol. The zero-order chi connectivity index (χ0) is 75.7. The minimum Gasteiger partial charge on any atom is -0.462 e. The highest BCUT2D eigenvalue weighted by molar-refractivity contribution is 5.78. The molecule has 6 aliphatic carbocycles. The molecule has 0 spiro atoms. The highest BCUT2D eigenvalue weighted by Crippen LogP contribution is 2.57. The molecule has 570 valence electrons. The van der Waals surface area contributed by atoms with Crippen LogP contribution < -0.4 is 16.0 Å². The summed E-state index contributed by atoms with van der Waals surface area (Å²) in [6.07, 6.45) is 27.2. The molecule has 18 nitrogen and oxygen atoms in total. The second-order valence-electron chi connectivity index (χ2n) is 30.8. The fourth-order valence-electron chi connectivity index (χ4n) is 19.9. The van der Waals surface area contributed by atoms with Gasteiger partial charge in [0, 0.05) is 71.2 Å². The highest BCUT2D eigenvalue weighted by Gasteiger charge is 2.58. The van der Waals surface area contributed by atoms with Gasteiger partial charge in [-0.3, -0.25) is 29.3 Å². The first-order chi connectivity index (χ1) is 52.3. The van der Waals surface area contributed by atoms with Crippen molar-refractivity contribution in [3.05, 3.63) is 181 Å². The Morgan fingerprint density at radius 3 is 0.944 bits per heavy atom. The van der Waals surface area contributed by atoms with Crippen LogP contribution in [0.4, 0.5) is 27.6 Å². The van der Waals surface area contributed by atoms with E-state index in [2.05, 4.69) is 49.1 Å². The van der Waals surface area contributed by atoms with Gasteiger partial charge in [0.1, 0.15) is 35.8 Å². The number of esters is 3. The van der Waals surface area contributed by atoms with E-state index in [1.165, 1.54) is 36.4 Å². The Hall–Kier alpha value is -9.66. The maximum Gasteiger partial charge on any atom is 0.407 e. The summed E-state index contributed by atoms with van der Waals surface area (Å²) >= 11 is 0. The van der Waals surface area contributed by atoms with Crippen LogP contribution in [0.2, 0.25) is 0 Å². The van der Waals surface area contributed by atoms with Crippen molar-refractivity contribution in [2.45, 2.75) is 155 Å². The molecule has 21 heteroatoms. The van der Waals surface area contributed by atoms with Crippen LogP contribution in [0.3, 0.4) is 0 Å². The normalized spacial score (nSPS) is 31.4. The summed E-state index contributed by atoms with van der Waals surface area (Å²) in [5, 5.41) is 9.00. The van der Waals surface area contributed by atoms with E-state index in [-0.39, 0.29) is 143 Å². The predicted octanol–water partition coefficient (Wildman–Crippen LogP) is 16.9. The second kappa shape index (κ2) is 34.7. The number of allylic oxidation sites excluding steroid dienone is 3. The Morgan fingerprint density at radius 1 is 0.407 bits per heavy atom. The number of carbonyl (C=O) groups excluding carboxylic acids is 6. The lowest BCUT2D eigenvalue weighted by Crippen LogP contribution is -2.48. The monoisotopic (exact) mass is 1480 g/mol. The Morgan fingerprint density at radius 2 is 0.694 bits per heavy atom. The van der Waals surface area contributed by atoms with Crippen molar-refractivity contribution >= 4 is 54.4 Å². The number of halogens is 3. The van der Waals surface area contributed by atoms with Gasteiger partial charge in [0.15, 0.2) is 0 Å². The summed E-state index contributed by atoms with van der Waals surface area (Å²) in [6, 6.07) is 31.3. The number of alkyl carbamates (subject to hydrolysis) is 3. The zero-order valence-electron chi connectivity index (χ0n) is 62.2. The first-order valence-electron chi connectivity index (χ1n) is 38.9. The average Bonchev–Trinajstić information content (AvgIpc) is 1.69. The maximum atomic E-state index is 13.6. The van der Waals surface area contributed by atoms with Crippen molar-refractivity contribution < 1.29 is 70.4 Å². The first kappa shape index (κ1) is 76.5. The topological polar surface area (TPSA) is 233 Å². The fraction of sp³-hybridized carbons (Fsp3) is 0.483. The van der Waals surface area contributed by atoms with E-state index in [4.69, 9.17) is 28.4 Å². The number of carbonyl (C=O) groups is 6. The molecule has 15 rings (SSSR count). The second-order valence-corrected chi connectivity index (χ2v) is 30.8. The van der Waals surface area contributed by atoms with Gasteiger partial charge in [-0.1, -0.05) is 72.8 Å². The first-order valence-corrected chi connectivity index (χ1v) is 38.9. The van der Waals surface area contributed by atoms with Gasteiger partial charge in [-0.25, -0.2) is 27.6 Å². The molecule has 6 saturated carbocycles. The van der Waals surface area contributed by atoms with Crippen LogP contribution in [-0.4, -0.2) is 107 Å². The number of hydrogen-bond donors (Lipinski definition) is 3. The Bertz CT molecular complexity index is 3830. The largest absolute Gasteiger partial charge is 0.462 e. The Kier molecular flexibility index (Phi) is 24.6. The summed E-state index contributed by atoms with van der Waals surface area (Å²) in [6.45, 7) is 12.5. The van der Waals surface area contributed by atoms with E-state index in [0.29, 0.717) is 55.3 Å². The van der Waals surface area contributed by atoms with Crippen LogP contribution in [0, 0.1) is 106 Å². The molecule has 3 saturated heterocycles. The van der Waals surface area contributed by atoms with Crippen LogP contribution in [0.5, 0.6) is 0 Å². The van der Waals surface area contributed by atoms with Crippen LogP contribution in [0.25, 0.3) is 51.6 Å². The van der Waals surface area contributed by atoms with Gasteiger partial charge in [-0.15, -0.1) is 0 Å². The van der Waals surface area contributed by atoms with Crippen molar-refractivity contribution in [3.63, 3.8) is 0 Å². The van der Waals surface area contributed by atoms with Crippen LogP contribution in [0.1, 0.15) is 136 Å². The predicted molar refractivity (Wildman–Crippen MR) is 402 cm³/mol. The molecule has 6 heterocycles. The van der Waals surface area contributed by atoms with Gasteiger partial charge >= 0.3 is 36.2 Å². The van der Waals surface area contributed by atoms with Crippen LogP contribution >= 0.6 is 0 Å². The number of pyridine rings is 3. The third kappa shape index (κ3) is 17.9. The lowest BCUT2D eigenvalue weighted by Gasteiger charge is -2.47. The molecule has 0 bridgehead atoms. The minimum atomic E-state index is -0.368. The molecule has 3 aliphatic heterocycles. The SMILES string of the molecule is CCOC(=O)N[C@H]1CC[C@H]2C(/C=C/c3ccc(-c4cccc(F)c4)cn3)[C@@H]3[C@H](C)OC(=O)[C@@H]3C[C@H]2C1.CCOC(=O)N[C@H]1CC[C@H]2[C@H](C1)C[C@@H]1C(=O)O[C@@H](C)[C@@H]1[C@H]2/C=C/c1ccc(-c2cccc(F)c2)cn1.CCOC(=O)N[C@H]1CC[C@H]2[C@H](C1)C[C@H]1C(=O)O[C@@H](C)[C@@H]1[C@@H]2/C=C/c1ccc(-c2cccc(F)c2)cn1. The quantitative estimate of drug-likeness (QED) is 0.0641. The van der Waals surface area contributed by atoms with Gasteiger partial charge in [0.2, 0.25) is 0 Å². The summed E-state index contributed by atoms with van der Waals surface area (Å²) in [4.78, 5) is 87.7. The molecule has 108 heavy (non-hydrogen) atoms. The number of hydrogen-bond acceptors (Lipinski definition) is 15. The van der Waals surface area contributed by atoms with Crippen molar-refractivity contribution in [2.75, 3.05) is 19.8 Å². The molecule has 3 N–H and O–H groups in total. The van der Waals surface area contributed by atoms with E-state index in [1.54, 1.807) is 57.6 Å². The highest BCUT2D eigenvalue weighted by atomic mass is 19.1. The number of nitrogens with one attached hydrogen (secondary N) is 3. The lowest BCUT2D eigenvalue weighted by atomic mass is 9.57. The number of aromatic nitrogens is 3. The number of amides is 3. The van der Waals surface area contributed by atoms with E-state index in [1.807, 2.05) is 93.6 Å². The van der Waals surface area contributed by atoms with Crippen LogP contribution in [0.15, 0.2) is 146 Å². The van der Waals surface area contributed by atoms with Crippen LogP contribution in [-0.2, 0) is 42.8 Å². The van der Waals surface area contributed by atoms with Gasteiger partial charge in [0.05, 0.1) is 54.7 Å². The van der Waals surface area contributed by atoms with Crippen molar-refractivity contribution in [2.24, 2.45) is 88.8 Å².